The molecule has 0 aliphatic heterocycles. The number of esters is 1. The molecule has 1 aromatic carbocycles. The molecule has 3 aromatic rings. The van der Waals surface area contributed by atoms with Gasteiger partial charge in [0.05, 0.1) is 13.3 Å². The Bertz CT molecular complexity index is 974. The second-order valence-corrected chi connectivity index (χ2v) is 4.63. The Morgan fingerprint density at radius 1 is 1.29 bits per heavy atom. The Morgan fingerprint density at radius 2 is 2.04 bits per heavy atom. The highest BCUT2D eigenvalue weighted by Gasteiger charge is 2.19. The molecule has 9 nitrogen and oxygen atoms in total. The smallest absolute Gasteiger partial charge is 0.358 e. The molecule has 0 bridgehead atoms. The van der Waals surface area contributed by atoms with E-state index in [2.05, 4.69) is 25.3 Å². The highest BCUT2D eigenvalue weighted by molar-refractivity contribution is 6.06. The van der Waals surface area contributed by atoms with Crippen LogP contribution in [0, 0.1) is 11.3 Å². The van der Waals surface area contributed by atoms with Crippen LogP contribution in [0.2, 0.25) is 0 Å². The van der Waals surface area contributed by atoms with Gasteiger partial charge in [0, 0.05) is 5.56 Å². The monoisotopic (exact) mass is 322 g/mol. The Morgan fingerprint density at radius 3 is 2.71 bits per heavy atom. The summed E-state index contributed by atoms with van der Waals surface area (Å²) in [7, 11) is 1.21. The van der Waals surface area contributed by atoms with E-state index in [1.165, 1.54) is 17.8 Å². The van der Waals surface area contributed by atoms with E-state index in [4.69, 9.17) is 5.26 Å². The highest BCUT2D eigenvalue weighted by Crippen LogP contribution is 2.19. The van der Waals surface area contributed by atoms with Crippen LogP contribution in [0.3, 0.4) is 0 Å². The summed E-state index contributed by atoms with van der Waals surface area (Å²) in [4.78, 5) is 28.1. The molecule has 0 atom stereocenters. The third-order valence-electron chi connectivity index (χ3n) is 3.16. The molecule has 1 amide bonds. The number of hydrogen-bond donors (Lipinski definition) is 1. The third-order valence-corrected chi connectivity index (χ3v) is 3.16. The van der Waals surface area contributed by atoms with Crippen molar-refractivity contribution < 1.29 is 14.3 Å². The van der Waals surface area contributed by atoms with Crippen LogP contribution in [0.5, 0.6) is 0 Å². The van der Waals surface area contributed by atoms with Gasteiger partial charge in [-0.25, -0.2) is 14.3 Å². The second kappa shape index (κ2) is 6.13. The number of amides is 1. The Balaban J connectivity index is 2.10. The molecule has 1 N–H and O–H groups in total. The lowest BCUT2D eigenvalue weighted by atomic mass is 10.2. The summed E-state index contributed by atoms with van der Waals surface area (Å²) in [6.07, 6.45) is 1.27. The lowest BCUT2D eigenvalue weighted by Crippen LogP contribution is -2.16. The van der Waals surface area contributed by atoms with E-state index in [1.807, 2.05) is 6.07 Å². The number of nitriles is 1. The summed E-state index contributed by atoms with van der Waals surface area (Å²) < 4.78 is 5.82. The zero-order chi connectivity index (χ0) is 17.1. The predicted octanol–water partition coefficient (Wildman–Crippen LogP) is 1.03. The number of nitrogens with zero attached hydrogens (tertiary/aromatic N) is 5. The minimum atomic E-state index is -0.707. The number of nitrogens with one attached hydrogen (secondary N) is 1. The van der Waals surface area contributed by atoms with Crippen molar-refractivity contribution in [1.82, 2.24) is 19.8 Å². The minimum Gasteiger partial charge on any atom is -0.464 e. The molecule has 0 aliphatic carbocycles. The molecule has 2 aromatic heterocycles. The maximum Gasteiger partial charge on any atom is 0.358 e. The molecule has 24 heavy (non-hydrogen) atoms. The zero-order valence-corrected chi connectivity index (χ0v) is 12.4. The number of fused-ring (bicyclic) bond motifs is 1. The topological polar surface area (TPSA) is 122 Å². The Labute approximate surface area is 135 Å². The standard InChI is InChI=1S/C15H10N6O3/c1-24-15(23)11-8-21-12(10(7-16)19-20-21)13(17-11)18-14(22)9-5-3-2-4-6-9/h2-6,8H,1H3,(H,17,18,22). The van der Waals surface area contributed by atoms with Crippen LogP contribution in [-0.4, -0.2) is 38.8 Å². The summed E-state index contributed by atoms with van der Waals surface area (Å²) in [6.45, 7) is 0. The van der Waals surface area contributed by atoms with E-state index in [0.717, 1.165) is 0 Å². The SMILES string of the molecule is COC(=O)c1cn2nnc(C#N)c2c(NC(=O)c2ccccc2)n1. The van der Waals surface area contributed by atoms with Gasteiger partial charge in [0.25, 0.3) is 5.91 Å². The molecule has 0 fully saturated rings. The van der Waals surface area contributed by atoms with Crippen molar-refractivity contribution in [2.75, 3.05) is 12.4 Å². The molecule has 0 saturated carbocycles. The van der Waals surface area contributed by atoms with Gasteiger partial charge in [-0.1, -0.05) is 23.4 Å². The third kappa shape index (κ3) is 2.64. The molecule has 2 heterocycles. The maximum absolute atomic E-state index is 12.3. The molecule has 0 aliphatic rings. The first-order chi connectivity index (χ1) is 11.6. The first-order valence-electron chi connectivity index (χ1n) is 6.75. The normalized spacial score (nSPS) is 10.2. The molecule has 0 spiro atoms. The first-order valence-corrected chi connectivity index (χ1v) is 6.75. The number of rotatable bonds is 3. The average Bonchev–Trinajstić information content (AvgIpc) is 3.05. The molecule has 9 heteroatoms. The zero-order valence-electron chi connectivity index (χ0n) is 12.4. The Kier molecular flexibility index (Phi) is 3.86. The fourth-order valence-corrected chi connectivity index (χ4v) is 2.06. The van der Waals surface area contributed by atoms with Crippen molar-refractivity contribution in [3.05, 3.63) is 53.5 Å². The molecular formula is C15H10N6O3. The van der Waals surface area contributed by atoms with E-state index in [0.29, 0.717) is 5.56 Å². The molecule has 0 radical (unpaired) electrons. The summed E-state index contributed by atoms with van der Waals surface area (Å²) >= 11 is 0. The maximum atomic E-state index is 12.3. The number of aromatic nitrogens is 4. The fraction of sp³-hybridized carbons (Fsp3) is 0.0667. The van der Waals surface area contributed by atoms with Crippen LogP contribution in [0.15, 0.2) is 36.5 Å². The van der Waals surface area contributed by atoms with Gasteiger partial charge in [0.15, 0.2) is 17.2 Å². The highest BCUT2D eigenvalue weighted by atomic mass is 16.5. The number of benzene rings is 1. The van der Waals surface area contributed by atoms with Gasteiger partial charge in [-0.2, -0.15) is 5.26 Å². The first kappa shape index (κ1) is 15.1. The molecule has 0 unspecified atom stereocenters. The number of anilines is 1. The van der Waals surface area contributed by atoms with Gasteiger partial charge in [-0.05, 0) is 12.1 Å². The minimum absolute atomic E-state index is 0.00620. The summed E-state index contributed by atoms with van der Waals surface area (Å²) in [5, 5.41) is 19.1. The fourth-order valence-electron chi connectivity index (χ4n) is 2.06. The lowest BCUT2D eigenvalue weighted by molar-refractivity contribution is 0.0593. The number of methoxy groups -OCH3 is 1. The summed E-state index contributed by atoms with van der Waals surface area (Å²) in [5.41, 5.74) is 0.478. The van der Waals surface area contributed by atoms with Crippen molar-refractivity contribution >= 4 is 23.2 Å². The van der Waals surface area contributed by atoms with Crippen molar-refractivity contribution in [3.63, 3.8) is 0 Å². The lowest BCUT2D eigenvalue weighted by Gasteiger charge is -2.08. The van der Waals surface area contributed by atoms with E-state index in [9.17, 15) is 9.59 Å². The van der Waals surface area contributed by atoms with E-state index in [-0.39, 0.29) is 22.7 Å². The van der Waals surface area contributed by atoms with Crippen molar-refractivity contribution in [2.45, 2.75) is 0 Å². The van der Waals surface area contributed by atoms with Crippen LogP contribution in [0.25, 0.3) is 5.52 Å². The number of carbonyl (C=O) groups is 2. The van der Waals surface area contributed by atoms with E-state index in [1.54, 1.807) is 30.3 Å². The predicted molar refractivity (Wildman–Crippen MR) is 81.2 cm³/mol. The Hall–Kier alpha value is -3.80. The second-order valence-electron chi connectivity index (χ2n) is 4.63. The van der Waals surface area contributed by atoms with E-state index >= 15 is 0 Å². The molecular weight excluding hydrogens is 312 g/mol. The van der Waals surface area contributed by atoms with Gasteiger partial charge in [-0.15, -0.1) is 5.10 Å². The van der Waals surface area contributed by atoms with Gasteiger partial charge < -0.3 is 10.1 Å². The van der Waals surface area contributed by atoms with Crippen LogP contribution in [0.4, 0.5) is 5.82 Å². The molecule has 3 rings (SSSR count). The van der Waals surface area contributed by atoms with Gasteiger partial charge in [0.1, 0.15) is 11.6 Å². The van der Waals surface area contributed by atoms with E-state index < -0.39 is 11.9 Å². The van der Waals surface area contributed by atoms with Crippen molar-refractivity contribution in [2.24, 2.45) is 0 Å². The largest absolute Gasteiger partial charge is 0.464 e. The van der Waals surface area contributed by atoms with Crippen LogP contribution in [-0.2, 0) is 4.74 Å². The van der Waals surface area contributed by atoms with Gasteiger partial charge >= 0.3 is 5.97 Å². The molecule has 118 valence electrons. The van der Waals surface area contributed by atoms with Crippen LogP contribution in [0.1, 0.15) is 26.5 Å². The quantitative estimate of drug-likeness (QED) is 0.714. The molecule has 0 saturated heterocycles. The van der Waals surface area contributed by atoms with Gasteiger partial charge in [-0.3, -0.25) is 4.79 Å². The van der Waals surface area contributed by atoms with Crippen LogP contribution >= 0.6 is 0 Å². The van der Waals surface area contributed by atoms with Crippen molar-refractivity contribution in [1.29, 1.82) is 5.26 Å². The number of ether oxygens (including phenoxy) is 1. The summed E-state index contributed by atoms with van der Waals surface area (Å²) in [6, 6.07) is 10.3. The van der Waals surface area contributed by atoms with Gasteiger partial charge in [0.2, 0.25) is 0 Å². The number of hydrogen-bond acceptors (Lipinski definition) is 7. The van der Waals surface area contributed by atoms with Crippen LogP contribution < -0.4 is 5.32 Å². The average molecular weight is 322 g/mol. The number of carbonyl (C=O) groups excluding carboxylic acids is 2. The van der Waals surface area contributed by atoms with Crippen molar-refractivity contribution in [3.8, 4) is 6.07 Å². The summed E-state index contributed by atoms with van der Waals surface area (Å²) in [5.74, 6) is -1.16.